The molecule has 3 N–H and O–H groups in total. The van der Waals surface area contributed by atoms with Crippen LogP contribution in [0.15, 0.2) is 0 Å². The number of rotatable bonds is 5. The number of hydrogen-bond acceptors (Lipinski definition) is 3. The molecule has 3 atom stereocenters. The van der Waals surface area contributed by atoms with Crippen molar-refractivity contribution in [3.8, 4) is 0 Å². The molecule has 2 aliphatic rings. The van der Waals surface area contributed by atoms with Crippen LogP contribution in [0.1, 0.15) is 33.1 Å². The van der Waals surface area contributed by atoms with Crippen LogP contribution >= 0.6 is 0 Å². The van der Waals surface area contributed by atoms with Crippen LogP contribution in [-0.2, 0) is 4.74 Å². The molecular formula is C12H24N2O. The van der Waals surface area contributed by atoms with Gasteiger partial charge in [-0.05, 0) is 32.4 Å². The van der Waals surface area contributed by atoms with Crippen LogP contribution < -0.4 is 11.1 Å². The molecule has 0 bridgehead atoms. The minimum Gasteiger partial charge on any atom is -0.377 e. The van der Waals surface area contributed by atoms with E-state index in [4.69, 9.17) is 10.5 Å². The van der Waals surface area contributed by atoms with Crippen molar-refractivity contribution >= 4 is 0 Å². The van der Waals surface area contributed by atoms with E-state index >= 15 is 0 Å². The van der Waals surface area contributed by atoms with E-state index in [1.54, 1.807) is 0 Å². The molecule has 0 amide bonds. The van der Waals surface area contributed by atoms with Crippen LogP contribution in [0.25, 0.3) is 0 Å². The average Bonchev–Trinajstić information content (AvgIpc) is 2.64. The highest BCUT2D eigenvalue weighted by molar-refractivity contribution is 5.11. The minimum absolute atomic E-state index is 0.323. The fraction of sp³-hybridized carbons (Fsp3) is 1.00. The van der Waals surface area contributed by atoms with Gasteiger partial charge >= 0.3 is 0 Å². The smallest absolute Gasteiger partial charge is 0.0685 e. The van der Waals surface area contributed by atoms with Gasteiger partial charge in [-0.1, -0.05) is 13.8 Å². The molecule has 0 aromatic heterocycles. The van der Waals surface area contributed by atoms with Crippen molar-refractivity contribution in [3.63, 3.8) is 0 Å². The normalized spacial score (nSPS) is 37.4. The van der Waals surface area contributed by atoms with Crippen LogP contribution in [0.2, 0.25) is 0 Å². The Bertz CT molecular complexity index is 218. The topological polar surface area (TPSA) is 47.3 Å². The van der Waals surface area contributed by atoms with E-state index in [2.05, 4.69) is 19.2 Å². The summed E-state index contributed by atoms with van der Waals surface area (Å²) >= 11 is 0. The van der Waals surface area contributed by atoms with Crippen molar-refractivity contribution in [1.82, 2.24) is 5.32 Å². The SMILES string of the molecule is CC1(C)C(NCCCCN)C2CCOC21. The van der Waals surface area contributed by atoms with Gasteiger partial charge in [0.25, 0.3) is 0 Å². The lowest BCUT2D eigenvalue weighted by Gasteiger charge is -2.55. The van der Waals surface area contributed by atoms with Crippen LogP contribution in [0.3, 0.4) is 0 Å². The molecule has 0 aromatic carbocycles. The van der Waals surface area contributed by atoms with Crippen LogP contribution in [0.5, 0.6) is 0 Å². The zero-order chi connectivity index (χ0) is 10.9. The Morgan fingerprint density at radius 1 is 1.40 bits per heavy atom. The highest BCUT2D eigenvalue weighted by atomic mass is 16.5. The molecule has 1 saturated heterocycles. The summed E-state index contributed by atoms with van der Waals surface area (Å²) in [6, 6.07) is 0.655. The Hall–Kier alpha value is -0.120. The molecule has 1 aliphatic heterocycles. The molecule has 2 rings (SSSR count). The zero-order valence-electron chi connectivity index (χ0n) is 9.96. The summed E-state index contributed by atoms with van der Waals surface area (Å²) in [6.07, 6.45) is 4.07. The van der Waals surface area contributed by atoms with Gasteiger partial charge in [0.2, 0.25) is 0 Å². The maximum absolute atomic E-state index is 5.76. The van der Waals surface area contributed by atoms with E-state index < -0.39 is 0 Å². The summed E-state index contributed by atoms with van der Waals surface area (Å²) < 4.78 is 5.76. The van der Waals surface area contributed by atoms with E-state index in [0.29, 0.717) is 17.6 Å². The van der Waals surface area contributed by atoms with Gasteiger partial charge < -0.3 is 15.8 Å². The number of hydrogen-bond donors (Lipinski definition) is 2. The van der Waals surface area contributed by atoms with E-state index in [1.165, 1.54) is 12.8 Å². The van der Waals surface area contributed by atoms with Gasteiger partial charge in [-0.15, -0.1) is 0 Å². The Morgan fingerprint density at radius 2 is 2.20 bits per heavy atom. The van der Waals surface area contributed by atoms with Crippen LogP contribution in [0, 0.1) is 11.3 Å². The average molecular weight is 212 g/mol. The molecule has 0 aromatic rings. The molecule has 1 heterocycles. The second-order valence-corrected chi connectivity index (χ2v) is 5.49. The van der Waals surface area contributed by atoms with E-state index in [0.717, 1.165) is 32.0 Å². The number of fused-ring (bicyclic) bond motifs is 1. The summed E-state index contributed by atoms with van der Waals surface area (Å²) in [7, 11) is 0. The first kappa shape index (κ1) is 11.4. The summed E-state index contributed by atoms with van der Waals surface area (Å²) in [5.41, 5.74) is 5.81. The fourth-order valence-corrected chi connectivity index (χ4v) is 3.27. The van der Waals surface area contributed by atoms with Crippen molar-refractivity contribution in [2.75, 3.05) is 19.7 Å². The highest BCUT2D eigenvalue weighted by Crippen LogP contribution is 2.51. The number of nitrogens with one attached hydrogen (secondary N) is 1. The number of unbranched alkanes of at least 4 members (excludes halogenated alkanes) is 1. The van der Waals surface area contributed by atoms with Crippen molar-refractivity contribution < 1.29 is 4.74 Å². The monoisotopic (exact) mass is 212 g/mol. The predicted octanol–water partition coefficient (Wildman–Crippen LogP) is 1.13. The second-order valence-electron chi connectivity index (χ2n) is 5.49. The molecule has 3 heteroatoms. The Labute approximate surface area is 92.7 Å². The highest BCUT2D eigenvalue weighted by Gasteiger charge is 2.58. The van der Waals surface area contributed by atoms with E-state index in [9.17, 15) is 0 Å². The summed E-state index contributed by atoms with van der Waals surface area (Å²) in [6.45, 7) is 7.51. The lowest BCUT2D eigenvalue weighted by atomic mass is 9.57. The fourth-order valence-electron chi connectivity index (χ4n) is 3.27. The molecule has 15 heavy (non-hydrogen) atoms. The van der Waals surface area contributed by atoms with Crippen molar-refractivity contribution in [1.29, 1.82) is 0 Å². The standard InChI is InChI=1S/C12H24N2O/c1-12(2)10(14-7-4-3-6-13)9-5-8-15-11(9)12/h9-11,14H,3-8,13H2,1-2H3. The zero-order valence-corrected chi connectivity index (χ0v) is 9.96. The first-order valence-electron chi connectivity index (χ1n) is 6.23. The minimum atomic E-state index is 0.323. The third-order valence-corrected chi connectivity index (χ3v) is 4.10. The largest absolute Gasteiger partial charge is 0.377 e. The van der Waals surface area contributed by atoms with E-state index in [1.807, 2.05) is 0 Å². The van der Waals surface area contributed by atoms with Gasteiger partial charge in [0, 0.05) is 24.0 Å². The molecular weight excluding hydrogens is 188 g/mol. The molecule has 3 unspecified atom stereocenters. The number of ether oxygens (including phenoxy) is 1. The molecule has 0 spiro atoms. The van der Waals surface area contributed by atoms with Crippen LogP contribution in [-0.4, -0.2) is 31.8 Å². The summed E-state index contributed by atoms with van der Waals surface area (Å²) in [5, 5.41) is 3.68. The Morgan fingerprint density at radius 3 is 2.93 bits per heavy atom. The van der Waals surface area contributed by atoms with Gasteiger partial charge in [-0.25, -0.2) is 0 Å². The first-order valence-corrected chi connectivity index (χ1v) is 6.23. The maximum Gasteiger partial charge on any atom is 0.0685 e. The predicted molar refractivity (Wildman–Crippen MR) is 61.7 cm³/mol. The van der Waals surface area contributed by atoms with Gasteiger partial charge in [0.15, 0.2) is 0 Å². The molecule has 0 radical (unpaired) electrons. The first-order chi connectivity index (χ1) is 7.18. The molecule has 88 valence electrons. The van der Waals surface area contributed by atoms with Crippen molar-refractivity contribution in [2.45, 2.75) is 45.3 Å². The van der Waals surface area contributed by atoms with Crippen LogP contribution in [0.4, 0.5) is 0 Å². The number of nitrogens with two attached hydrogens (primary N) is 1. The lowest BCUT2D eigenvalue weighted by molar-refractivity contribution is -0.112. The molecule has 1 saturated carbocycles. The quantitative estimate of drug-likeness (QED) is 0.672. The lowest BCUT2D eigenvalue weighted by Crippen LogP contribution is -2.65. The molecule has 1 aliphatic carbocycles. The molecule has 3 nitrogen and oxygen atoms in total. The van der Waals surface area contributed by atoms with Gasteiger partial charge in [-0.2, -0.15) is 0 Å². The summed E-state index contributed by atoms with van der Waals surface area (Å²) in [5.74, 6) is 0.762. The Balaban J connectivity index is 1.77. The second kappa shape index (κ2) is 4.40. The maximum atomic E-state index is 5.76. The Kier molecular flexibility index (Phi) is 3.33. The third kappa shape index (κ3) is 1.93. The van der Waals surface area contributed by atoms with Gasteiger partial charge in [0.05, 0.1) is 6.10 Å². The summed E-state index contributed by atoms with van der Waals surface area (Å²) in [4.78, 5) is 0. The van der Waals surface area contributed by atoms with Gasteiger partial charge in [-0.3, -0.25) is 0 Å². The van der Waals surface area contributed by atoms with E-state index in [-0.39, 0.29) is 0 Å². The van der Waals surface area contributed by atoms with Crippen molar-refractivity contribution in [2.24, 2.45) is 17.1 Å². The third-order valence-electron chi connectivity index (χ3n) is 4.10. The molecule has 2 fully saturated rings. The van der Waals surface area contributed by atoms with Crippen molar-refractivity contribution in [3.05, 3.63) is 0 Å². The van der Waals surface area contributed by atoms with Gasteiger partial charge in [0.1, 0.15) is 0 Å².